The van der Waals surface area contributed by atoms with Gasteiger partial charge in [-0.25, -0.2) is 10.2 Å². The Balaban J connectivity index is 2.01. The van der Waals surface area contributed by atoms with E-state index in [4.69, 9.17) is 9.84 Å². The van der Waals surface area contributed by atoms with E-state index in [1.807, 2.05) is 0 Å². The van der Waals surface area contributed by atoms with Crippen molar-refractivity contribution in [1.29, 1.82) is 0 Å². The first-order valence-electron chi connectivity index (χ1n) is 8.12. The number of nitrogens with one attached hydrogen (secondary N) is 1. The number of hydrogen-bond donors (Lipinski definition) is 2. The second-order valence-electron chi connectivity index (χ2n) is 6.00. The van der Waals surface area contributed by atoms with Crippen molar-refractivity contribution < 1.29 is 45.4 Å². The molecule has 0 radical (unpaired) electrons. The molecule has 0 heterocycles. The topological polar surface area (TPSA) is 70.9 Å². The van der Waals surface area contributed by atoms with Gasteiger partial charge in [0.25, 0.3) is 0 Å². The zero-order chi connectivity index (χ0) is 23.4. The van der Waals surface area contributed by atoms with E-state index in [-0.39, 0.29) is 17.7 Å². The van der Waals surface area contributed by atoms with Gasteiger partial charge in [-0.15, -0.1) is 0 Å². The van der Waals surface area contributed by atoms with Crippen LogP contribution < -0.4 is 10.2 Å². The SMILES string of the molecule is O=C(O)c1ccc(COc2ccc(/C=N/NC(F)(F)C(F)(F)C(F)(F)F)cc2Br)cc1. The molecule has 0 atom stereocenters. The summed E-state index contributed by atoms with van der Waals surface area (Å²) in [6, 6.07) is 4.17. The Labute approximate surface area is 178 Å². The zero-order valence-electron chi connectivity index (χ0n) is 15.1. The number of carboxylic acids is 1. The molecule has 31 heavy (non-hydrogen) atoms. The van der Waals surface area contributed by atoms with Gasteiger partial charge < -0.3 is 9.84 Å². The number of rotatable bonds is 8. The molecule has 2 aromatic rings. The van der Waals surface area contributed by atoms with Crippen LogP contribution in [-0.4, -0.2) is 35.4 Å². The number of carbonyl (C=O) groups is 1. The minimum Gasteiger partial charge on any atom is -0.488 e. The van der Waals surface area contributed by atoms with Crippen LogP contribution in [-0.2, 0) is 6.61 Å². The minimum atomic E-state index is -6.46. The maximum Gasteiger partial charge on any atom is 0.462 e. The number of hydrogen-bond acceptors (Lipinski definition) is 4. The van der Waals surface area contributed by atoms with Gasteiger partial charge >= 0.3 is 24.1 Å². The van der Waals surface area contributed by atoms with Crippen LogP contribution in [0, 0.1) is 0 Å². The highest BCUT2D eigenvalue weighted by molar-refractivity contribution is 9.10. The Kier molecular flexibility index (Phi) is 7.19. The van der Waals surface area contributed by atoms with Crippen LogP contribution in [0.25, 0.3) is 0 Å². The molecule has 0 aliphatic rings. The largest absolute Gasteiger partial charge is 0.488 e. The van der Waals surface area contributed by atoms with Gasteiger partial charge in [0.05, 0.1) is 16.3 Å². The first-order chi connectivity index (χ1) is 14.2. The van der Waals surface area contributed by atoms with Gasteiger partial charge in [-0.05, 0) is 57.4 Å². The van der Waals surface area contributed by atoms with Crippen LogP contribution in [0.15, 0.2) is 52.0 Å². The third-order valence-corrected chi connectivity index (χ3v) is 4.34. The van der Waals surface area contributed by atoms with Crippen molar-refractivity contribution in [1.82, 2.24) is 5.43 Å². The van der Waals surface area contributed by atoms with Crippen LogP contribution in [0.2, 0.25) is 0 Å². The lowest BCUT2D eigenvalue weighted by Crippen LogP contribution is -2.58. The summed E-state index contributed by atoms with van der Waals surface area (Å²) in [7, 11) is 0. The van der Waals surface area contributed by atoms with E-state index in [1.54, 1.807) is 12.1 Å². The normalized spacial score (nSPS) is 12.8. The molecule has 0 spiro atoms. The van der Waals surface area contributed by atoms with Crippen LogP contribution in [0.5, 0.6) is 5.75 Å². The Morgan fingerprint density at radius 2 is 1.68 bits per heavy atom. The Hall–Kier alpha value is -2.83. The van der Waals surface area contributed by atoms with E-state index in [2.05, 4.69) is 21.0 Å². The average molecular weight is 517 g/mol. The molecular weight excluding hydrogens is 505 g/mol. The molecular formula is C18H12BrF7N2O3. The number of alkyl halides is 7. The van der Waals surface area contributed by atoms with Gasteiger partial charge in [-0.2, -0.15) is 35.8 Å². The van der Waals surface area contributed by atoms with Gasteiger partial charge in [0, 0.05) is 0 Å². The maximum atomic E-state index is 13.1. The summed E-state index contributed by atoms with van der Waals surface area (Å²) in [6.45, 7) is 0.0617. The molecule has 0 bridgehead atoms. The highest BCUT2D eigenvalue weighted by Crippen LogP contribution is 2.45. The third kappa shape index (κ3) is 5.87. The van der Waals surface area contributed by atoms with Gasteiger partial charge in [0.1, 0.15) is 12.4 Å². The lowest BCUT2D eigenvalue weighted by atomic mass is 10.1. The van der Waals surface area contributed by atoms with Crippen molar-refractivity contribution in [2.24, 2.45) is 5.10 Å². The van der Waals surface area contributed by atoms with Crippen molar-refractivity contribution >= 4 is 28.1 Å². The standard InChI is InChI=1S/C18H12BrF7N2O3/c19-13-7-11(8-27-28-18(25,26)16(20,21)17(22,23)24)3-6-14(13)31-9-10-1-4-12(5-2-10)15(29)30/h1-8,28H,9H2,(H,29,30)/b27-8+. The number of halogens is 8. The number of carboxylic acid groups (broad SMARTS) is 1. The predicted molar refractivity (Wildman–Crippen MR) is 98.6 cm³/mol. The van der Waals surface area contributed by atoms with E-state index < -0.39 is 24.1 Å². The fraction of sp³-hybridized carbons (Fsp3) is 0.222. The van der Waals surface area contributed by atoms with Crippen molar-refractivity contribution in [3.05, 3.63) is 63.6 Å². The minimum absolute atomic E-state index is 0.0617. The van der Waals surface area contributed by atoms with Gasteiger partial charge in [-0.1, -0.05) is 12.1 Å². The summed E-state index contributed by atoms with van der Waals surface area (Å²) in [5, 5.41) is 11.6. The molecule has 2 N–H and O–H groups in total. The smallest absolute Gasteiger partial charge is 0.462 e. The summed E-state index contributed by atoms with van der Waals surface area (Å²) in [5.74, 6) is -7.11. The van der Waals surface area contributed by atoms with Crippen LogP contribution in [0.1, 0.15) is 21.5 Å². The Bertz CT molecular complexity index is 964. The molecule has 0 aliphatic heterocycles. The zero-order valence-corrected chi connectivity index (χ0v) is 16.6. The van der Waals surface area contributed by atoms with E-state index in [9.17, 15) is 35.5 Å². The second-order valence-corrected chi connectivity index (χ2v) is 6.85. The molecule has 5 nitrogen and oxygen atoms in total. The molecule has 0 amide bonds. The van der Waals surface area contributed by atoms with E-state index >= 15 is 0 Å². The molecule has 0 unspecified atom stereocenters. The first-order valence-corrected chi connectivity index (χ1v) is 8.91. The van der Waals surface area contributed by atoms with Crippen molar-refractivity contribution in [2.45, 2.75) is 24.8 Å². The molecule has 168 valence electrons. The number of nitrogens with zero attached hydrogens (tertiary/aromatic N) is 1. The molecule has 0 aromatic heterocycles. The number of aromatic carboxylic acids is 1. The second kappa shape index (κ2) is 9.12. The summed E-state index contributed by atoms with van der Waals surface area (Å²) >= 11 is 3.14. The molecule has 2 aromatic carbocycles. The third-order valence-electron chi connectivity index (χ3n) is 3.72. The number of hydrazone groups is 1. The lowest BCUT2D eigenvalue weighted by Gasteiger charge is -2.27. The molecule has 0 fully saturated rings. The number of benzene rings is 2. The summed E-state index contributed by atoms with van der Waals surface area (Å²) in [4.78, 5) is 10.8. The molecule has 2 rings (SSSR count). The van der Waals surface area contributed by atoms with Crippen molar-refractivity contribution in [2.75, 3.05) is 0 Å². The molecule has 0 aliphatic carbocycles. The average Bonchev–Trinajstić information content (AvgIpc) is 2.66. The summed E-state index contributed by atoms with van der Waals surface area (Å²) in [5.41, 5.74) is 1.36. The maximum absolute atomic E-state index is 13.1. The monoisotopic (exact) mass is 516 g/mol. The van der Waals surface area contributed by atoms with Crippen LogP contribution in [0.4, 0.5) is 30.7 Å². The fourth-order valence-electron chi connectivity index (χ4n) is 2.06. The molecule has 13 heteroatoms. The summed E-state index contributed by atoms with van der Waals surface area (Å²) in [6.07, 6.45) is -5.84. The number of ether oxygens (including phenoxy) is 1. The Morgan fingerprint density at radius 3 is 2.19 bits per heavy atom. The van der Waals surface area contributed by atoms with E-state index in [1.165, 1.54) is 30.3 Å². The Morgan fingerprint density at radius 1 is 1.06 bits per heavy atom. The van der Waals surface area contributed by atoms with Gasteiger partial charge in [0.15, 0.2) is 0 Å². The molecule has 0 saturated carbocycles. The van der Waals surface area contributed by atoms with E-state index in [0.717, 1.165) is 0 Å². The van der Waals surface area contributed by atoms with Crippen LogP contribution in [0.3, 0.4) is 0 Å². The van der Waals surface area contributed by atoms with E-state index in [0.29, 0.717) is 27.4 Å². The quantitative estimate of drug-likeness (QED) is 0.212. The summed E-state index contributed by atoms with van der Waals surface area (Å²) < 4.78 is 93.8. The van der Waals surface area contributed by atoms with Gasteiger partial charge in [-0.3, -0.25) is 0 Å². The highest BCUT2D eigenvalue weighted by Gasteiger charge is 2.73. The van der Waals surface area contributed by atoms with Gasteiger partial charge in [0.2, 0.25) is 0 Å². The first kappa shape index (κ1) is 24.4. The van der Waals surface area contributed by atoms with Crippen LogP contribution >= 0.6 is 15.9 Å². The molecule has 0 saturated heterocycles. The highest BCUT2D eigenvalue weighted by atomic mass is 79.9. The van der Waals surface area contributed by atoms with Crippen molar-refractivity contribution in [3.8, 4) is 5.75 Å². The fourth-order valence-corrected chi connectivity index (χ4v) is 2.57. The predicted octanol–water partition coefficient (Wildman–Crippen LogP) is 5.44. The lowest BCUT2D eigenvalue weighted by molar-refractivity contribution is -0.361. The van der Waals surface area contributed by atoms with Crippen molar-refractivity contribution in [3.63, 3.8) is 0 Å².